The zero-order valence-electron chi connectivity index (χ0n) is 19.9. The van der Waals surface area contributed by atoms with Crippen molar-refractivity contribution in [3.05, 3.63) is 57.3 Å². The largest absolute Gasteiger partial charge is 0.411 e. The molecule has 5 rings (SSSR count). The summed E-state index contributed by atoms with van der Waals surface area (Å²) in [6.07, 6.45) is 4.54. The zero-order chi connectivity index (χ0) is 25.1. The molecule has 0 atom stereocenters. The van der Waals surface area contributed by atoms with E-state index in [1.165, 1.54) is 45.3 Å². The third kappa shape index (κ3) is 5.23. The number of rotatable bonds is 8. The van der Waals surface area contributed by atoms with Gasteiger partial charge in [0.1, 0.15) is 16.5 Å². The van der Waals surface area contributed by atoms with Crippen molar-refractivity contribution in [2.45, 2.75) is 33.1 Å². The smallest absolute Gasteiger partial charge is 0.355 e. The van der Waals surface area contributed by atoms with Crippen LogP contribution in [0.25, 0.3) is 15.6 Å². The van der Waals surface area contributed by atoms with Gasteiger partial charge in [-0.15, -0.1) is 32.9 Å². The van der Waals surface area contributed by atoms with E-state index in [0.29, 0.717) is 10.2 Å². The number of nitrogens with zero attached hydrogens (tertiary/aromatic N) is 5. The van der Waals surface area contributed by atoms with Crippen molar-refractivity contribution >= 4 is 72.1 Å². The molecule has 0 spiro atoms. The Kier molecular flexibility index (Phi) is 7.23. The molecule has 0 radical (unpaired) electrons. The summed E-state index contributed by atoms with van der Waals surface area (Å²) in [4.78, 5) is 22.1. The quantitative estimate of drug-likeness (QED) is 0.100. The first kappa shape index (κ1) is 24.3. The van der Waals surface area contributed by atoms with Gasteiger partial charge >= 0.3 is 5.97 Å². The summed E-state index contributed by atoms with van der Waals surface area (Å²) in [5, 5.41) is 19.3. The molecule has 1 aliphatic rings. The predicted octanol–water partition coefficient (Wildman–Crippen LogP) is 7.68. The van der Waals surface area contributed by atoms with Gasteiger partial charge in [-0.3, -0.25) is 0 Å². The van der Waals surface area contributed by atoms with Crippen LogP contribution >= 0.6 is 34.0 Å². The van der Waals surface area contributed by atoms with Crippen molar-refractivity contribution < 1.29 is 9.53 Å². The number of thiophene rings is 2. The lowest BCUT2D eigenvalue weighted by molar-refractivity contribution is -0.129. The molecule has 0 saturated carbocycles. The van der Waals surface area contributed by atoms with E-state index < -0.39 is 5.97 Å². The van der Waals surface area contributed by atoms with Gasteiger partial charge in [0.15, 0.2) is 5.06 Å². The number of nitriles is 1. The number of aryl methyl sites for hydroxylation is 1. The van der Waals surface area contributed by atoms with Gasteiger partial charge in [0.2, 0.25) is 5.13 Å². The molecule has 0 bridgehead atoms. The molecule has 1 aromatic carbocycles. The van der Waals surface area contributed by atoms with Gasteiger partial charge in [-0.1, -0.05) is 24.7 Å². The fourth-order valence-corrected chi connectivity index (χ4v) is 6.96. The minimum absolute atomic E-state index is 0.0486. The number of carbonyl (C=O) groups excluding carboxylic acids is 1. The number of thiazole rings is 1. The second kappa shape index (κ2) is 10.7. The number of ether oxygens (including phenoxy) is 1. The van der Waals surface area contributed by atoms with E-state index in [-0.39, 0.29) is 5.57 Å². The van der Waals surface area contributed by atoms with Crippen LogP contribution in [0, 0.1) is 11.3 Å². The molecule has 0 amide bonds. The van der Waals surface area contributed by atoms with E-state index >= 15 is 0 Å². The Hall–Kier alpha value is -3.39. The van der Waals surface area contributed by atoms with Gasteiger partial charge in [0, 0.05) is 28.5 Å². The molecule has 36 heavy (non-hydrogen) atoms. The van der Waals surface area contributed by atoms with Crippen LogP contribution in [0.4, 0.5) is 16.5 Å². The molecule has 3 aromatic heterocycles. The fraction of sp³-hybridized carbons (Fsp3) is 0.269. The summed E-state index contributed by atoms with van der Waals surface area (Å²) in [7, 11) is 0. The molecule has 1 aliphatic heterocycles. The zero-order valence-corrected chi connectivity index (χ0v) is 22.3. The molecule has 0 saturated heterocycles. The first-order chi connectivity index (χ1) is 17.6. The fourth-order valence-electron chi connectivity index (χ4n) is 4.02. The molecular weight excluding hydrogens is 511 g/mol. The topological polar surface area (TPSA) is 90.9 Å². The number of azo groups is 1. The highest BCUT2D eigenvalue weighted by Gasteiger charge is 2.18. The van der Waals surface area contributed by atoms with Crippen LogP contribution < -0.4 is 9.64 Å². The summed E-state index contributed by atoms with van der Waals surface area (Å²) in [5.41, 5.74) is 3.35. The number of hydrogen-bond donors (Lipinski definition) is 0. The Labute approximate surface area is 221 Å². The van der Waals surface area contributed by atoms with Crippen molar-refractivity contribution in [3.8, 4) is 11.1 Å². The Morgan fingerprint density at radius 1 is 1.19 bits per heavy atom. The minimum atomic E-state index is -0.655. The van der Waals surface area contributed by atoms with Crippen LogP contribution in [0.2, 0.25) is 0 Å². The van der Waals surface area contributed by atoms with E-state index in [0.717, 1.165) is 57.3 Å². The Morgan fingerprint density at radius 3 is 2.86 bits per heavy atom. The molecule has 0 aliphatic carbocycles. The predicted molar refractivity (Wildman–Crippen MR) is 147 cm³/mol. The standard InChI is InChI=1S/C26H23N5O2S3/c1-3-5-19-7-9-23(34-19)33-25(32)17(15-27)13-20-14-22-24(35-20)28-26(36-22)30-29-18-6-8-21-16(12-18)10-11-31(21)4-2/h6-9,12-14H,3-5,10-11H2,1-2H3/b17-13+,30-29?. The molecule has 10 heteroatoms. The highest BCUT2D eigenvalue weighted by Crippen LogP contribution is 2.37. The summed E-state index contributed by atoms with van der Waals surface area (Å²) < 4.78 is 6.34. The van der Waals surface area contributed by atoms with Gasteiger partial charge in [0.05, 0.1) is 10.4 Å². The van der Waals surface area contributed by atoms with E-state index in [1.54, 1.807) is 12.1 Å². The van der Waals surface area contributed by atoms with E-state index in [4.69, 9.17) is 4.74 Å². The minimum Gasteiger partial charge on any atom is -0.411 e. The Morgan fingerprint density at radius 2 is 2.08 bits per heavy atom. The maximum absolute atomic E-state index is 12.5. The lowest BCUT2D eigenvalue weighted by atomic mass is 10.1. The number of esters is 1. The number of benzene rings is 1. The second-order valence-corrected chi connectivity index (χ2v) is 11.4. The molecule has 4 heterocycles. The van der Waals surface area contributed by atoms with Crippen LogP contribution in [0.15, 0.2) is 52.2 Å². The molecule has 0 N–H and O–H groups in total. The molecular formula is C26H23N5O2S3. The van der Waals surface area contributed by atoms with Crippen LogP contribution in [-0.2, 0) is 17.6 Å². The monoisotopic (exact) mass is 533 g/mol. The van der Waals surface area contributed by atoms with E-state index in [2.05, 4.69) is 46.1 Å². The van der Waals surface area contributed by atoms with Crippen molar-refractivity contribution in [2.24, 2.45) is 10.2 Å². The highest BCUT2D eigenvalue weighted by molar-refractivity contribution is 7.29. The SMILES string of the molecule is CCCc1ccc(OC(=O)/C(C#N)=C/c2cc3sc(N=Nc4ccc5c(c4)CCN5CC)nc3s2)s1. The molecule has 182 valence electrons. The van der Waals surface area contributed by atoms with Crippen LogP contribution in [-0.4, -0.2) is 24.0 Å². The Bertz CT molecular complexity index is 1490. The number of likely N-dealkylation sites (N-methyl/N-ethyl adjacent to an activating group) is 1. The average molecular weight is 534 g/mol. The normalized spacial score (nSPS) is 13.5. The third-order valence-electron chi connectivity index (χ3n) is 5.74. The number of aromatic nitrogens is 1. The molecule has 0 fully saturated rings. The maximum atomic E-state index is 12.5. The maximum Gasteiger partial charge on any atom is 0.355 e. The lowest BCUT2D eigenvalue weighted by Gasteiger charge is -2.16. The number of carbonyl (C=O) groups is 1. The first-order valence-corrected chi connectivity index (χ1v) is 14.1. The third-order valence-corrected chi connectivity index (χ3v) is 8.75. The van der Waals surface area contributed by atoms with Gasteiger partial charge in [-0.05, 0) is 67.8 Å². The van der Waals surface area contributed by atoms with Crippen molar-refractivity contribution in [3.63, 3.8) is 0 Å². The van der Waals surface area contributed by atoms with E-state index in [1.807, 2.05) is 24.3 Å². The lowest BCUT2D eigenvalue weighted by Crippen LogP contribution is -2.18. The van der Waals surface area contributed by atoms with Gasteiger partial charge in [-0.2, -0.15) is 5.26 Å². The molecule has 0 unspecified atom stereocenters. The summed E-state index contributed by atoms with van der Waals surface area (Å²) >= 11 is 4.25. The Balaban J connectivity index is 1.27. The van der Waals surface area contributed by atoms with Gasteiger partial charge < -0.3 is 9.64 Å². The van der Waals surface area contributed by atoms with Crippen molar-refractivity contribution in [2.75, 3.05) is 18.0 Å². The summed E-state index contributed by atoms with van der Waals surface area (Å²) in [5.74, 6) is -0.655. The number of hydrogen-bond acceptors (Lipinski definition) is 10. The first-order valence-electron chi connectivity index (χ1n) is 11.7. The van der Waals surface area contributed by atoms with Crippen molar-refractivity contribution in [1.82, 2.24) is 4.98 Å². The highest BCUT2D eigenvalue weighted by atomic mass is 32.1. The number of anilines is 1. The van der Waals surface area contributed by atoms with Crippen molar-refractivity contribution in [1.29, 1.82) is 5.26 Å². The van der Waals surface area contributed by atoms with Gasteiger partial charge in [-0.25, -0.2) is 9.78 Å². The molecule has 7 nitrogen and oxygen atoms in total. The summed E-state index contributed by atoms with van der Waals surface area (Å²) in [6, 6.07) is 13.8. The van der Waals surface area contributed by atoms with E-state index in [9.17, 15) is 10.1 Å². The van der Waals surface area contributed by atoms with Crippen LogP contribution in [0.5, 0.6) is 5.06 Å². The molecule has 4 aromatic rings. The van der Waals surface area contributed by atoms with Gasteiger partial charge in [0.25, 0.3) is 0 Å². The van der Waals surface area contributed by atoms with Crippen LogP contribution in [0.3, 0.4) is 0 Å². The number of fused-ring (bicyclic) bond motifs is 2. The average Bonchev–Trinajstić information content (AvgIpc) is 3.64. The van der Waals surface area contributed by atoms with Crippen LogP contribution in [0.1, 0.15) is 35.6 Å². The summed E-state index contributed by atoms with van der Waals surface area (Å²) in [6.45, 7) is 6.32. The second-order valence-electron chi connectivity index (χ2n) is 8.19.